The topological polar surface area (TPSA) is 54.4 Å². The molecule has 1 aliphatic rings. The third-order valence-electron chi connectivity index (χ3n) is 4.06. The van der Waals surface area contributed by atoms with Crippen molar-refractivity contribution in [2.45, 2.75) is 16.1 Å². The Morgan fingerprint density at radius 2 is 1.55 bits per heavy atom. The van der Waals surface area contributed by atoms with Crippen LogP contribution in [0.4, 0.5) is 0 Å². The molecule has 4 heteroatoms. The van der Waals surface area contributed by atoms with Gasteiger partial charge in [0, 0.05) is 12.5 Å². The second kappa shape index (κ2) is 4.72. The molecular formula is C16H16O3S. The molecule has 3 rings (SSSR count). The summed E-state index contributed by atoms with van der Waals surface area (Å²) in [6.07, 6.45) is 0.477. The monoisotopic (exact) mass is 288 g/mol. The Kier molecular flexibility index (Phi) is 3.15. The number of sulfone groups is 1. The molecule has 1 N–H and O–H groups in total. The second-order valence-corrected chi connectivity index (χ2v) is 7.36. The van der Waals surface area contributed by atoms with Crippen molar-refractivity contribution in [1.29, 1.82) is 0 Å². The third-order valence-corrected chi connectivity index (χ3v) is 6.65. The first-order valence-electron chi connectivity index (χ1n) is 6.59. The maximum Gasteiger partial charge on any atom is 0.188 e. The van der Waals surface area contributed by atoms with Gasteiger partial charge in [-0.1, -0.05) is 48.5 Å². The average Bonchev–Trinajstić information content (AvgIpc) is 3.25. The van der Waals surface area contributed by atoms with E-state index in [0.29, 0.717) is 11.3 Å². The Hall–Kier alpha value is -1.65. The third kappa shape index (κ3) is 1.79. The van der Waals surface area contributed by atoms with Crippen molar-refractivity contribution in [2.24, 2.45) is 5.92 Å². The van der Waals surface area contributed by atoms with Crippen molar-refractivity contribution in [3.8, 4) is 0 Å². The molecule has 0 amide bonds. The molecule has 1 aliphatic carbocycles. The van der Waals surface area contributed by atoms with Crippen LogP contribution in [-0.2, 0) is 14.6 Å². The molecule has 0 bridgehead atoms. The van der Waals surface area contributed by atoms with E-state index in [0.717, 1.165) is 5.56 Å². The van der Waals surface area contributed by atoms with E-state index in [1.165, 1.54) is 0 Å². The summed E-state index contributed by atoms with van der Waals surface area (Å²) in [5.41, 5.74) is 0.767. The van der Waals surface area contributed by atoms with Gasteiger partial charge in [-0.3, -0.25) is 0 Å². The number of aliphatic hydroxyl groups excluding tert-OH is 1. The molecular weight excluding hydrogens is 272 g/mol. The Morgan fingerprint density at radius 1 is 1.00 bits per heavy atom. The first kappa shape index (κ1) is 13.3. The zero-order valence-corrected chi connectivity index (χ0v) is 11.8. The van der Waals surface area contributed by atoms with Crippen LogP contribution >= 0.6 is 0 Å². The van der Waals surface area contributed by atoms with Crippen molar-refractivity contribution < 1.29 is 13.5 Å². The highest BCUT2D eigenvalue weighted by Gasteiger charge is 2.64. The average molecular weight is 288 g/mol. The highest BCUT2D eigenvalue weighted by molar-refractivity contribution is 7.92. The molecule has 2 unspecified atom stereocenters. The van der Waals surface area contributed by atoms with Gasteiger partial charge in [-0.25, -0.2) is 8.42 Å². The lowest BCUT2D eigenvalue weighted by Gasteiger charge is -2.18. The summed E-state index contributed by atoms with van der Waals surface area (Å²) < 4.78 is 25.0. The molecule has 3 nitrogen and oxygen atoms in total. The van der Waals surface area contributed by atoms with Crippen molar-refractivity contribution in [3.05, 3.63) is 66.2 Å². The van der Waals surface area contributed by atoms with Crippen molar-refractivity contribution >= 4 is 9.84 Å². The van der Waals surface area contributed by atoms with Crippen LogP contribution in [0.2, 0.25) is 0 Å². The molecule has 0 spiro atoms. The van der Waals surface area contributed by atoms with Gasteiger partial charge >= 0.3 is 0 Å². The van der Waals surface area contributed by atoms with E-state index in [1.54, 1.807) is 30.3 Å². The number of aliphatic hydroxyl groups is 1. The molecule has 2 aromatic rings. The summed E-state index contributed by atoms with van der Waals surface area (Å²) in [7, 11) is -3.50. The standard InChI is InChI=1S/C16H16O3S/c17-12-14-11-16(14,13-7-3-1-4-8-13)20(18,19)15-9-5-2-6-10-15/h1-10,14,17H,11-12H2. The fourth-order valence-electron chi connectivity index (χ4n) is 2.89. The molecule has 0 heterocycles. The zero-order valence-electron chi connectivity index (χ0n) is 10.9. The number of hydrogen-bond donors (Lipinski definition) is 1. The summed E-state index contributed by atoms with van der Waals surface area (Å²) in [6.45, 7) is -0.110. The summed E-state index contributed by atoms with van der Waals surface area (Å²) >= 11 is 0. The van der Waals surface area contributed by atoms with Crippen molar-refractivity contribution in [1.82, 2.24) is 0 Å². The van der Waals surface area contributed by atoms with E-state index in [2.05, 4.69) is 0 Å². The Morgan fingerprint density at radius 3 is 2.05 bits per heavy atom. The van der Waals surface area contributed by atoms with Crippen molar-refractivity contribution in [3.63, 3.8) is 0 Å². The van der Waals surface area contributed by atoms with Gasteiger partial charge in [-0.15, -0.1) is 0 Å². The van der Waals surface area contributed by atoms with Gasteiger partial charge in [-0.2, -0.15) is 0 Å². The van der Waals surface area contributed by atoms with Crippen LogP contribution in [0.5, 0.6) is 0 Å². The lowest BCUT2D eigenvalue weighted by atomic mass is 10.1. The minimum atomic E-state index is -3.50. The predicted molar refractivity (Wildman–Crippen MR) is 76.9 cm³/mol. The quantitative estimate of drug-likeness (QED) is 0.939. The predicted octanol–water partition coefficient (Wildman–Crippen LogP) is 2.37. The Bertz CT molecular complexity index is 695. The Labute approximate surface area is 118 Å². The minimum absolute atomic E-state index is 0.110. The second-order valence-electron chi connectivity index (χ2n) is 5.16. The molecule has 20 heavy (non-hydrogen) atoms. The number of hydrogen-bond acceptors (Lipinski definition) is 3. The maximum atomic E-state index is 13.0. The highest BCUT2D eigenvalue weighted by atomic mass is 32.2. The van der Waals surface area contributed by atoms with Crippen LogP contribution in [0.3, 0.4) is 0 Å². The van der Waals surface area contributed by atoms with E-state index >= 15 is 0 Å². The highest BCUT2D eigenvalue weighted by Crippen LogP contribution is 2.59. The molecule has 0 aliphatic heterocycles. The molecule has 2 aromatic carbocycles. The van der Waals surface area contributed by atoms with Gasteiger partial charge in [0.2, 0.25) is 0 Å². The first-order chi connectivity index (χ1) is 9.63. The first-order valence-corrected chi connectivity index (χ1v) is 8.07. The summed E-state index contributed by atoms with van der Waals surface area (Å²) in [5.74, 6) is -0.227. The van der Waals surface area contributed by atoms with Gasteiger partial charge < -0.3 is 5.11 Å². The van der Waals surface area contributed by atoms with Gasteiger partial charge in [0.1, 0.15) is 4.75 Å². The maximum absolute atomic E-state index is 13.0. The number of rotatable bonds is 4. The van der Waals surface area contributed by atoms with Crippen LogP contribution in [0.15, 0.2) is 65.6 Å². The van der Waals surface area contributed by atoms with E-state index < -0.39 is 14.6 Å². The summed E-state index contributed by atoms with van der Waals surface area (Å²) in [6, 6.07) is 17.7. The van der Waals surface area contributed by atoms with Gasteiger partial charge in [-0.05, 0) is 24.1 Å². The van der Waals surface area contributed by atoms with Gasteiger partial charge in [0.05, 0.1) is 4.90 Å². The van der Waals surface area contributed by atoms with E-state index in [4.69, 9.17) is 0 Å². The lowest BCUT2D eigenvalue weighted by Crippen LogP contribution is -2.24. The lowest BCUT2D eigenvalue weighted by molar-refractivity contribution is 0.270. The zero-order chi connectivity index (χ0) is 14.2. The fourth-order valence-corrected chi connectivity index (χ4v) is 5.20. The molecule has 2 atom stereocenters. The van der Waals surface area contributed by atoms with E-state index in [9.17, 15) is 13.5 Å². The van der Waals surface area contributed by atoms with Crippen LogP contribution in [0.1, 0.15) is 12.0 Å². The molecule has 1 saturated carbocycles. The van der Waals surface area contributed by atoms with Crippen LogP contribution in [0, 0.1) is 5.92 Å². The summed E-state index contributed by atoms with van der Waals surface area (Å²) in [4.78, 5) is 0.319. The van der Waals surface area contributed by atoms with E-state index in [-0.39, 0.29) is 12.5 Å². The molecule has 0 radical (unpaired) electrons. The summed E-state index contributed by atoms with van der Waals surface area (Å²) in [5, 5.41) is 9.45. The van der Waals surface area contributed by atoms with E-state index in [1.807, 2.05) is 30.3 Å². The fraction of sp³-hybridized carbons (Fsp3) is 0.250. The normalized spacial score (nSPS) is 25.4. The van der Waals surface area contributed by atoms with Crippen molar-refractivity contribution in [2.75, 3.05) is 6.61 Å². The molecule has 1 fully saturated rings. The minimum Gasteiger partial charge on any atom is -0.396 e. The van der Waals surface area contributed by atoms with Crippen LogP contribution in [-0.4, -0.2) is 20.1 Å². The SMILES string of the molecule is O=S(=O)(c1ccccc1)C1(c2ccccc2)CC1CO. The Balaban J connectivity index is 2.14. The largest absolute Gasteiger partial charge is 0.396 e. The van der Waals surface area contributed by atoms with Crippen LogP contribution < -0.4 is 0 Å². The molecule has 104 valence electrons. The smallest absolute Gasteiger partial charge is 0.188 e. The number of benzene rings is 2. The molecule has 0 aromatic heterocycles. The van der Waals surface area contributed by atoms with Crippen LogP contribution in [0.25, 0.3) is 0 Å². The molecule has 0 saturated heterocycles. The van der Waals surface area contributed by atoms with Gasteiger partial charge in [0.25, 0.3) is 0 Å². The van der Waals surface area contributed by atoms with Gasteiger partial charge in [0.15, 0.2) is 9.84 Å².